The number of ketones is 2. The monoisotopic (exact) mass is 323 g/mol. The minimum Gasteiger partial charge on any atom is -0.308 e. The lowest BCUT2D eigenvalue weighted by atomic mass is 9.94. The van der Waals surface area contributed by atoms with Gasteiger partial charge in [-0.2, -0.15) is 0 Å². The first-order valence-electron chi connectivity index (χ1n) is 8.14. The summed E-state index contributed by atoms with van der Waals surface area (Å²) in [6.45, 7) is 0. The van der Waals surface area contributed by atoms with Crippen molar-refractivity contribution in [3.8, 4) is 11.3 Å². The molecule has 1 aliphatic rings. The SMILES string of the molecule is O=C1C=CC(=O)c2c1c(-c1ccccc1)n1c2ccc2ccccc21. The van der Waals surface area contributed by atoms with Gasteiger partial charge in [-0.15, -0.1) is 0 Å². The van der Waals surface area contributed by atoms with Crippen LogP contribution in [0.15, 0.2) is 78.9 Å². The van der Waals surface area contributed by atoms with Crippen molar-refractivity contribution >= 4 is 28.0 Å². The molecule has 25 heavy (non-hydrogen) atoms. The summed E-state index contributed by atoms with van der Waals surface area (Å²) >= 11 is 0. The third kappa shape index (κ3) is 1.86. The fourth-order valence-corrected chi connectivity index (χ4v) is 3.68. The van der Waals surface area contributed by atoms with Crippen molar-refractivity contribution in [2.45, 2.75) is 0 Å². The maximum Gasteiger partial charge on any atom is 0.188 e. The molecule has 3 heteroatoms. The fraction of sp³-hybridized carbons (Fsp3) is 0. The van der Waals surface area contributed by atoms with Crippen LogP contribution in [0.1, 0.15) is 20.7 Å². The van der Waals surface area contributed by atoms with Crippen LogP contribution in [0.3, 0.4) is 0 Å². The molecule has 2 aromatic carbocycles. The van der Waals surface area contributed by atoms with Crippen molar-refractivity contribution in [3.63, 3.8) is 0 Å². The van der Waals surface area contributed by atoms with Crippen LogP contribution in [0, 0.1) is 0 Å². The van der Waals surface area contributed by atoms with Gasteiger partial charge in [0.2, 0.25) is 0 Å². The van der Waals surface area contributed by atoms with Crippen LogP contribution in [0.25, 0.3) is 27.7 Å². The molecule has 5 rings (SSSR count). The van der Waals surface area contributed by atoms with Crippen molar-refractivity contribution in [2.75, 3.05) is 0 Å². The largest absolute Gasteiger partial charge is 0.308 e. The highest BCUT2D eigenvalue weighted by atomic mass is 16.1. The first-order chi connectivity index (χ1) is 12.3. The van der Waals surface area contributed by atoms with Crippen LogP contribution in [0.4, 0.5) is 0 Å². The molecule has 3 nitrogen and oxygen atoms in total. The zero-order valence-electron chi connectivity index (χ0n) is 13.3. The van der Waals surface area contributed by atoms with Gasteiger partial charge in [0.25, 0.3) is 0 Å². The predicted octanol–water partition coefficient (Wildman–Crippen LogP) is 4.69. The summed E-state index contributed by atoms with van der Waals surface area (Å²) in [7, 11) is 0. The number of fused-ring (bicyclic) bond motifs is 5. The molecular weight excluding hydrogens is 310 g/mol. The van der Waals surface area contributed by atoms with E-state index in [1.54, 1.807) is 0 Å². The Morgan fingerprint density at radius 2 is 1.28 bits per heavy atom. The van der Waals surface area contributed by atoms with E-state index in [-0.39, 0.29) is 11.6 Å². The van der Waals surface area contributed by atoms with E-state index in [4.69, 9.17) is 0 Å². The lowest BCUT2D eigenvalue weighted by Gasteiger charge is -2.09. The van der Waals surface area contributed by atoms with Gasteiger partial charge in [-0.25, -0.2) is 0 Å². The van der Waals surface area contributed by atoms with E-state index in [9.17, 15) is 9.59 Å². The van der Waals surface area contributed by atoms with E-state index in [1.165, 1.54) is 12.2 Å². The average Bonchev–Trinajstić information content (AvgIpc) is 3.02. The van der Waals surface area contributed by atoms with Crippen LogP contribution >= 0.6 is 0 Å². The second-order valence-corrected chi connectivity index (χ2v) is 6.14. The van der Waals surface area contributed by atoms with Crippen LogP contribution in [0.2, 0.25) is 0 Å². The van der Waals surface area contributed by atoms with Crippen LogP contribution in [0.5, 0.6) is 0 Å². The van der Waals surface area contributed by atoms with E-state index < -0.39 is 0 Å². The molecule has 2 heterocycles. The molecule has 4 aromatic rings. The van der Waals surface area contributed by atoms with Crippen molar-refractivity contribution < 1.29 is 9.59 Å². The Balaban J connectivity index is 2.07. The molecule has 0 amide bonds. The third-order valence-corrected chi connectivity index (χ3v) is 4.73. The summed E-state index contributed by atoms with van der Waals surface area (Å²) in [5, 5.41) is 1.06. The number of para-hydroxylation sites is 1. The molecule has 0 atom stereocenters. The first kappa shape index (κ1) is 13.9. The van der Waals surface area contributed by atoms with E-state index >= 15 is 0 Å². The van der Waals surface area contributed by atoms with Crippen molar-refractivity contribution in [1.29, 1.82) is 0 Å². The molecule has 1 aliphatic carbocycles. The highest BCUT2D eigenvalue weighted by Gasteiger charge is 2.30. The number of rotatable bonds is 1. The topological polar surface area (TPSA) is 38.5 Å². The molecule has 0 saturated heterocycles. The Labute approximate surface area is 143 Å². The smallest absolute Gasteiger partial charge is 0.188 e. The standard InChI is InChI=1S/C22H13NO2/c24-18-12-13-19(25)21-20(18)17-11-10-14-6-4-5-9-16(14)23(17)22(21)15-7-2-1-3-8-15/h1-13H. The molecule has 0 N–H and O–H groups in total. The van der Waals surface area contributed by atoms with Crippen LogP contribution < -0.4 is 0 Å². The lowest BCUT2D eigenvalue weighted by molar-refractivity contribution is 0.0996. The van der Waals surface area contributed by atoms with Crippen molar-refractivity contribution in [1.82, 2.24) is 4.40 Å². The number of carbonyl (C=O) groups is 2. The van der Waals surface area contributed by atoms with Crippen molar-refractivity contribution in [3.05, 3.63) is 90.0 Å². The number of hydrogen-bond acceptors (Lipinski definition) is 2. The summed E-state index contributed by atoms with van der Waals surface area (Å²) in [6, 6.07) is 21.7. The summed E-state index contributed by atoms with van der Waals surface area (Å²) in [4.78, 5) is 25.3. The number of allylic oxidation sites excluding steroid dienone is 2. The Bertz CT molecular complexity index is 1210. The second-order valence-electron chi connectivity index (χ2n) is 6.14. The lowest BCUT2D eigenvalue weighted by Crippen LogP contribution is -2.09. The Morgan fingerprint density at radius 1 is 0.600 bits per heavy atom. The summed E-state index contributed by atoms with van der Waals surface area (Å²) < 4.78 is 2.04. The minimum atomic E-state index is -0.124. The van der Waals surface area contributed by atoms with Crippen molar-refractivity contribution in [2.24, 2.45) is 0 Å². The number of carbonyl (C=O) groups excluding carboxylic acids is 2. The summed E-state index contributed by atoms with van der Waals surface area (Å²) in [5.41, 5.74) is 4.45. The number of hydrogen-bond donors (Lipinski definition) is 0. The Hall–Kier alpha value is -3.46. The predicted molar refractivity (Wildman–Crippen MR) is 98.1 cm³/mol. The summed E-state index contributed by atoms with van der Waals surface area (Å²) in [5.74, 6) is -0.245. The second kappa shape index (κ2) is 5.02. The average molecular weight is 323 g/mol. The minimum absolute atomic E-state index is 0.121. The van der Waals surface area contributed by atoms with Gasteiger partial charge in [0, 0.05) is 0 Å². The Morgan fingerprint density at radius 3 is 2.08 bits per heavy atom. The number of aromatic nitrogens is 1. The van der Waals surface area contributed by atoms with E-state index in [1.807, 2.05) is 71.1 Å². The van der Waals surface area contributed by atoms with E-state index in [2.05, 4.69) is 0 Å². The highest BCUT2D eigenvalue weighted by Crippen LogP contribution is 2.37. The normalized spacial score (nSPS) is 13.6. The van der Waals surface area contributed by atoms with Crippen LogP contribution in [-0.2, 0) is 0 Å². The molecule has 0 aliphatic heterocycles. The molecule has 0 saturated carbocycles. The molecule has 0 unspecified atom stereocenters. The first-order valence-corrected chi connectivity index (χ1v) is 8.14. The van der Waals surface area contributed by atoms with Gasteiger partial charge in [-0.1, -0.05) is 54.6 Å². The third-order valence-electron chi connectivity index (χ3n) is 4.73. The zero-order chi connectivity index (χ0) is 17.0. The Kier molecular flexibility index (Phi) is 2.80. The van der Waals surface area contributed by atoms with Gasteiger partial charge in [-0.05, 0) is 35.2 Å². The van der Waals surface area contributed by atoms with Gasteiger partial charge in [0.15, 0.2) is 11.6 Å². The van der Waals surface area contributed by atoms with Gasteiger partial charge in [0.1, 0.15) is 0 Å². The molecule has 2 aromatic heterocycles. The van der Waals surface area contributed by atoms with Gasteiger partial charge < -0.3 is 4.40 Å². The highest BCUT2D eigenvalue weighted by molar-refractivity contribution is 6.28. The molecule has 0 radical (unpaired) electrons. The number of benzene rings is 2. The fourth-order valence-electron chi connectivity index (χ4n) is 3.68. The molecule has 0 spiro atoms. The molecular formula is C22H13NO2. The van der Waals surface area contributed by atoms with Gasteiger partial charge in [-0.3, -0.25) is 9.59 Å². The van der Waals surface area contributed by atoms with Crippen LogP contribution in [-0.4, -0.2) is 16.0 Å². The maximum atomic E-state index is 12.7. The quantitative estimate of drug-likeness (QED) is 0.509. The molecule has 118 valence electrons. The van der Waals surface area contributed by atoms with E-state index in [0.717, 1.165) is 27.7 Å². The van der Waals surface area contributed by atoms with E-state index in [0.29, 0.717) is 11.1 Å². The number of pyridine rings is 1. The molecule has 0 bridgehead atoms. The maximum absolute atomic E-state index is 12.7. The summed E-state index contributed by atoms with van der Waals surface area (Å²) in [6.07, 6.45) is 2.74. The molecule has 0 fully saturated rings. The van der Waals surface area contributed by atoms with Gasteiger partial charge in [0.05, 0.1) is 27.9 Å². The zero-order valence-corrected chi connectivity index (χ0v) is 13.3. The number of nitrogens with zero attached hydrogens (tertiary/aromatic N) is 1. The van der Waals surface area contributed by atoms with Gasteiger partial charge >= 0.3 is 0 Å².